The van der Waals surface area contributed by atoms with E-state index in [1.807, 2.05) is 0 Å². The standard InChI is InChI=1S/C24H30/c1-16-10-11-17(2)23-21(16)12-13-22(23)24(3,4)20-14-18-8-6-5-7-9-19(18)15-20/h10-14,22H,5-9,15H2,1-4H3. The van der Waals surface area contributed by atoms with Gasteiger partial charge in [0, 0.05) is 5.92 Å². The van der Waals surface area contributed by atoms with Gasteiger partial charge in [-0.1, -0.05) is 61.8 Å². The van der Waals surface area contributed by atoms with E-state index < -0.39 is 0 Å². The summed E-state index contributed by atoms with van der Waals surface area (Å²) in [6.45, 7) is 9.47. The SMILES string of the molecule is Cc1ccc(C)c2c1C=CC2C(C)(C)C1=CC2=C(CCCCC2)C1. The van der Waals surface area contributed by atoms with Crippen LogP contribution in [0.1, 0.15) is 80.5 Å². The molecule has 0 spiro atoms. The first-order valence-electron chi connectivity index (χ1n) is 9.68. The Hall–Kier alpha value is -1.56. The van der Waals surface area contributed by atoms with E-state index in [2.05, 4.69) is 58.1 Å². The number of aryl methyl sites for hydroxylation is 2. The molecule has 0 nitrogen and oxygen atoms in total. The van der Waals surface area contributed by atoms with Crippen LogP contribution in [0.25, 0.3) is 6.08 Å². The lowest BCUT2D eigenvalue weighted by atomic mass is 9.69. The Kier molecular flexibility index (Phi) is 3.82. The largest absolute Gasteiger partial charge is 0.0755 e. The molecule has 1 aromatic rings. The molecule has 4 rings (SSSR count). The third-order valence-electron chi connectivity index (χ3n) is 6.73. The molecular weight excluding hydrogens is 288 g/mol. The fourth-order valence-electron chi connectivity index (χ4n) is 5.03. The summed E-state index contributed by atoms with van der Waals surface area (Å²) in [5, 5.41) is 0. The molecular formula is C24H30. The van der Waals surface area contributed by atoms with Crippen molar-refractivity contribution >= 4 is 6.08 Å². The Balaban J connectivity index is 1.68. The number of rotatable bonds is 2. The second-order valence-electron chi connectivity index (χ2n) is 8.62. The highest BCUT2D eigenvalue weighted by atomic mass is 14.4. The van der Waals surface area contributed by atoms with E-state index in [0.29, 0.717) is 5.92 Å². The van der Waals surface area contributed by atoms with E-state index in [1.54, 1.807) is 22.3 Å². The van der Waals surface area contributed by atoms with Crippen LogP contribution in [0.3, 0.4) is 0 Å². The maximum absolute atomic E-state index is 2.58. The van der Waals surface area contributed by atoms with Gasteiger partial charge in [-0.15, -0.1) is 0 Å². The fraction of sp³-hybridized carbons (Fsp3) is 0.500. The molecule has 1 unspecified atom stereocenters. The smallest absolute Gasteiger partial charge is 0.0119 e. The summed E-state index contributed by atoms with van der Waals surface area (Å²) >= 11 is 0. The fourth-order valence-corrected chi connectivity index (χ4v) is 5.03. The molecule has 0 radical (unpaired) electrons. The van der Waals surface area contributed by atoms with Crippen LogP contribution in [0.5, 0.6) is 0 Å². The van der Waals surface area contributed by atoms with Crippen LogP contribution in [0, 0.1) is 19.3 Å². The maximum atomic E-state index is 2.58. The molecule has 0 heteroatoms. The molecule has 0 saturated carbocycles. The first-order chi connectivity index (χ1) is 11.5. The van der Waals surface area contributed by atoms with Crippen LogP contribution < -0.4 is 0 Å². The van der Waals surface area contributed by atoms with E-state index >= 15 is 0 Å². The van der Waals surface area contributed by atoms with E-state index in [0.717, 1.165) is 0 Å². The van der Waals surface area contributed by atoms with Gasteiger partial charge >= 0.3 is 0 Å². The van der Waals surface area contributed by atoms with Gasteiger partial charge in [0.25, 0.3) is 0 Å². The van der Waals surface area contributed by atoms with Gasteiger partial charge in [-0.05, 0) is 79.2 Å². The molecule has 0 saturated heterocycles. The molecule has 0 amide bonds. The van der Waals surface area contributed by atoms with Crippen molar-refractivity contribution in [1.29, 1.82) is 0 Å². The molecule has 0 heterocycles. The van der Waals surface area contributed by atoms with E-state index in [9.17, 15) is 0 Å². The maximum Gasteiger partial charge on any atom is 0.0119 e. The van der Waals surface area contributed by atoms with Crippen molar-refractivity contribution in [3.8, 4) is 0 Å². The zero-order valence-corrected chi connectivity index (χ0v) is 15.7. The van der Waals surface area contributed by atoms with Crippen LogP contribution in [0.15, 0.2) is 41.0 Å². The molecule has 24 heavy (non-hydrogen) atoms. The summed E-state index contributed by atoms with van der Waals surface area (Å²) in [5.74, 6) is 0.516. The Morgan fingerprint density at radius 1 is 0.958 bits per heavy atom. The van der Waals surface area contributed by atoms with Gasteiger partial charge in [0.2, 0.25) is 0 Å². The van der Waals surface area contributed by atoms with E-state index in [1.165, 1.54) is 55.2 Å². The number of fused-ring (bicyclic) bond motifs is 1. The monoisotopic (exact) mass is 318 g/mol. The minimum atomic E-state index is 0.201. The van der Waals surface area contributed by atoms with Gasteiger partial charge in [0.05, 0.1) is 0 Å². The summed E-state index contributed by atoms with van der Waals surface area (Å²) in [4.78, 5) is 0. The summed E-state index contributed by atoms with van der Waals surface area (Å²) in [7, 11) is 0. The Bertz CT molecular complexity index is 767. The lowest BCUT2D eigenvalue weighted by molar-refractivity contribution is 0.392. The summed E-state index contributed by atoms with van der Waals surface area (Å²) in [6, 6.07) is 4.58. The second-order valence-corrected chi connectivity index (χ2v) is 8.62. The highest BCUT2D eigenvalue weighted by molar-refractivity contribution is 5.68. The Morgan fingerprint density at radius 2 is 1.71 bits per heavy atom. The van der Waals surface area contributed by atoms with Crippen LogP contribution in [-0.4, -0.2) is 0 Å². The van der Waals surface area contributed by atoms with Crippen molar-refractivity contribution in [2.24, 2.45) is 5.41 Å². The minimum Gasteiger partial charge on any atom is -0.0755 e. The topological polar surface area (TPSA) is 0 Å². The van der Waals surface area contributed by atoms with Gasteiger partial charge in [0.1, 0.15) is 0 Å². The predicted octanol–water partition coefficient (Wildman–Crippen LogP) is 7.03. The molecule has 0 fully saturated rings. The molecule has 1 aromatic carbocycles. The molecule has 3 aliphatic rings. The predicted molar refractivity (Wildman–Crippen MR) is 104 cm³/mol. The summed E-state index contributed by atoms with van der Waals surface area (Å²) in [6.07, 6.45) is 15.5. The van der Waals surface area contributed by atoms with Crippen LogP contribution in [-0.2, 0) is 0 Å². The molecule has 0 N–H and O–H groups in total. The molecule has 3 aliphatic carbocycles. The third kappa shape index (κ3) is 2.42. The summed E-state index contributed by atoms with van der Waals surface area (Å²) in [5.41, 5.74) is 11.2. The Labute approximate surface area is 147 Å². The lowest BCUT2D eigenvalue weighted by Crippen LogP contribution is -2.23. The normalized spacial score (nSPS) is 23.2. The highest BCUT2D eigenvalue weighted by Crippen LogP contribution is 2.52. The van der Waals surface area contributed by atoms with Crippen molar-refractivity contribution in [1.82, 2.24) is 0 Å². The molecule has 0 aromatic heterocycles. The van der Waals surface area contributed by atoms with Crippen molar-refractivity contribution in [2.75, 3.05) is 0 Å². The van der Waals surface area contributed by atoms with Crippen LogP contribution >= 0.6 is 0 Å². The van der Waals surface area contributed by atoms with Crippen LogP contribution in [0.2, 0.25) is 0 Å². The highest BCUT2D eigenvalue weighted by Gasteiger charge is 2.38. The number of hydrogen-bond donors (Lipinski definition) is 0. The van der Waals surface area contributed by atoms with Crippen LogP contribution in [0.4, 0.5) is 0 Å². The number of allylic oxidation sites excluding steroid dienone is 5. The average molecular weight is 319 g/mol. The molecule has 126 valence electrons. The van der Waals surface area contributed by atoms with Crippen molar-refractivity contribution in [3.05, 3.63) is 63.3 Å². The molecule has 0 bridgehead atoms. The third-order valence-corrected chi connectivity index (χ3v) is 6.73. The quantitative estimate of drug-likeness (QED) is 0.549. The zero-order valence-electron chi connectivity index (χ0n) is 15.7. The first kappa shape index (κ1) is 15.9. The number of hydrogen-bond acceptors (Lipinski definition) is 0. The van der Waals surface area contributed by atoms with Crippen molar-refractivity contribution in [3.63, 3.8) is 0 Å². The van der Waals surface area contributed by atoms with Gasteiger partial charge in [-0.25, -0.2) is 0 Å². The molecule has 0 aliphatic heterocycles. The van der Waals surface area contributed by atoms with Gasteiger partial charge in [0.15, 0.2) is 0 Å². The minimum absolute atomic E-state index is 0.201. The van der Waals surface area contributed by atoms with E-state index in [-0.39, 0.29) is 5.41 Å². The Morgan fingerprint density at radius 3 is 2.54 bits per heavy atom. The summed E-state index contributed by atoms with van der Waals surface area (Å²) < 4.78 is 0. The van der Waals surface area contributed by atoms with Gasteiger partial charge < -0.3 is 0 Å². The van der Waals surface area contributed by atoms with E-state index in [4.69, 9.17) is 0 Å². The second kappa shape index (κ2) is 5.76. The lowest BCUT2D eigenvalue weighted by Gasteiger charge is -2.35. The average Bonchev–Trinajstić information content (AvgIpc) is 3.12. The van der Waals surface area contributed by atoms with Gasteiger partial charge in [-0.2, -0.15) is 0 Å². The zero-order chi connectivity index (χ0) is 16.9. The number of benzene rings is 1. The van der Waals surface area contributed by atoms with Gasteiger partial charge in [-0.3, -0.25) is 0 Å². The van der Waals surface area contributed by atoms with Crippen molar-refractivity contribution in [2.45, 2.75) is 72.1 Å². The molecule has 1 atom stereocenters. The first-order valence-corrected chi connectivity index (χ1v) is 9.68. The van der Waals surface area contributed by atoms with Crippen molar-refractivity contribution < 1.29 is 0 Å².